The summed E-state index contributed by atoms with van der Waals surface area (Å²) in [4.78, 5) is 13.5. The van der Waals surface area contributed by atoms with Crippen LogP contribution in [-0.4, -0.2) is 29.8 Å². The number of rotatable bonds is 1. The van der Waals surface area contributed by atoms with Crippen LogP contribution in [0.15, 0.2) is 0 Å². The van der Waals surface area contributed by atoms with Gasteiger partial charge in [0.05, 0.1) is 6.04 Å². The summed E-state index contributed by atoms with van der Waals surface area (Å²) in [5.74, 6) is 0.325. The molecule has 1 aliphatic rings. The van der Waals surface area contributed by atoms with Crippen molar-refractivity contribution < 1.29 is 4.79 Å². The molecule has 0 aromatic heterocycles. The molecular weight excluding hydrogens is 150 g/mol. The monoisotopic (exact) mass is 169 g/mol. The maximum Gasteiger partial charge on any atom is 0.146 e. The molecule has 0 bridgehead atoms. The third-order valence-electron chi connectivity index (χ3n) is 3.01. The lowest BCUT2D eigenvalue weighted by atomic mass is 10.1. The SMILES string of the molecule is CC(=O)[C@H]1CCCCC(C)N1C. The highest BCUT2D eigenvalue weighted by atomic mass is 16.1. The molecule has 2 heteroatoms. The van der Waals surface area contributed by atoms with Crippen molar-refractivity contribution in [3.05, 3.63) is 0 Å². The Balaban J connectivity index is 2.64. The molecule has 2 atom stereocenters. The van der Waals surface area contributed by atoms with Crippen molar-refractivity contribution in [3.63, 3.8) is 0 Å². The summed E-state index contributed by atoms with van der Waals surface area (Å²) in [6, 6.07) is 0.754. The summed E-state index contributed by atoms with van der Waals surface area (Å²) in [7, 11) is 2.07. The molecule has 0 aliphatic carbocycles. The summed E-state index contributed by atoms with van der Waals surface area (Å²) < 4.78 is 0. The van der Waals surface area contributed by atoms with Gasteiger partial charge in [-0.1, -0.05) is 12.8 Å². The van der Waals surface area contributed by atoms with E-state index >= 15 is 0 Å². The summed E-state index contributed by atoms with van der Waals surface area (Å²) in [6.07, 6.45) is 4.77. The van der Waals surface area contributed by atoms with Gasteiger partial charge in [0.2, 0.25) is 0 Å². The average molecular weight is 169 g/mol. The van der Waals surface area contributed by atoms with Crippen LogP contribution >= 0.6 is 0 Å². The van der Waals surface area contributed by atoms with Crippen molar-refractivity contribution in [1.29, 1.82) is 0 Å². The minimum Gasteiger partial charge on any atom is -0.298 e. The molecule has 12 heavy (non-hydrogen) atoms. The minimum absolute atomic E-state index is 0.183. The zero-order valence-corrected chi connectivity index (χ0v) is 8.34. The number of likely N-dealkylation sites (N-methyl/N-ethyl adjacent to an activating group) is 1. The van der Waals surface area contributed by atoms with Gasteiger partial charge >= 0.3 is 0 Å². The highest BCUT2D eigenvalue weighted by Crippen LogP contribution is 2.20. The van der Waals surface area contributed by atoms with E-state index in [0.29, 0.717) is 11.8 Å². The molecule has 1 fully saturated rings. The van der Waals surface area contributed by atoms with Crippen LogP contribution in [0.25, 0.3) is 0 Å². The molecule has 0 amide bonds. The molecule has 2 nitrogen and oxygen atoms in total. The van der Waals surface area contributed by atoms with Gasteiger partial charge in [-0.25, -0.2) is 0 Å². The zero-order valence-electron chi connectivity index (χ0n) is 8.34. The molecule has 0 radical (unpaired) electrons. The van der Waals surface area contributed by atoms with Gasteiger partial charge in [0, 0.05) is 6.04 Å². The lowest BCUT2D eigenvalue weighted by Crippen LogP contribution is -2.41. The van der Waals surface area contributed by atoms with Crippen LogP contribution in [0.1, 0.15) is 39.5 Å². The second kappa shape index (κ2) is 4.04. The quantitative estimate of drug-likeness (QED) is 0.597. The topological polar surface area (TPSA) is 20.3 Å². The first-order valence-corrected chi connectivity index (χ1v) is 4.85. The predicted molar refractivity (Wildman–Crippen MR) is 50.2 cm³/mol. The zero-order chi connectivity index (χ0) is 9.14. The van der Waals surface area contributed by atoms with Gasteiger partial charge in [-0.15, -0.1) is 0 Å². The molecule has 0 N–H and O–H groups in total. The van der Waals surface area contributed by atoms with Gasteiger partial charge in [-0.2, -0.15) is 0 Å². The first-order valence-electron chi connectivity index (χ1n) is 4.85. The largest absolute Gasteiger partial charge is 0.298 e. The third kappa shape index (κ3) is 2.07. The summed E-state index contributed by atoms with van der Waals surface area (Å²) in [6.45, 7) is 3.92. The number of carbonyl (C=O) groups excluding carboxylic acids is 1. The van der Waals surface area contributed by atoms with E-state index in [4.69, 9.17) is 0 Å². The van der Waals surface area contributed by atoms with Gasteiger partial charge in [-0.3, -0.25) is 9.69 Å². The number of hydrogen-bond acceptors (Lipinski definition) is 2. The summed E-state index contributed by atoms with van der Waals surface area (Å²) in [5, 5.41) is 0. The normalized spacial score (nSPS) is 32.9. The van der Waals surface area contributed by atoms with Crippen molar-refractivity contribution in [3.8, 4) is 0 Å². The predicted octanol–water partition coefficient (Wildman–Crippen LogP) is 1.84. The Morgan fingerprint density at radius 2 is 1.92 bits per heavy atom. The highest BCUT2D eigenvalue weighted by Gasteiger charge is 2.25. The maximum absolute atomic E-state index is 11.3. The number of likely N-dealkylation sites (tertiary alicyclic amines) is 1. The fraction of sp³-hybridized carbons (Fsp3) is 0.900. The van der Waals surface area contributed by atoms with E-state index < -0.39 is 0 Å². The van der Waals surface area contributed by atoms with E-state index in [2.05, 4.69) is 18.9 Å². The van der Waals surface area contributed by atoms with E-state index in [1.54, 1.807) is 6.92 Å². The molecule has 1 heterocycles. The van der Waals surface area contributed by atoms with Crippen LogP contribution in [0.3, 0.4) is 0 Å². The first kappa shape index (κ1) is 9.72. The van der Waals surface area contributed by atoms with E-state index in [0.717, 1.165) is 6.42 Å². The van der Waals surface area contributed by atoms with Crippen molar-refractivity contribution >= 4 is 5.78 Å². The van der Waals surface area contributed by atoms with Crippen LogP contribution in [0.5, 0.6) is 0 Å². The highest BCUT2D eigenvalue weighted by molar-refractivity contribution is 5.81. The smallest absolute Gasteiger partial charge is 0.146 e. The van der Waals surface area contributed by atoms with Crippen LogP contribution in [0.4, 0.5) is 0 Å². The van der Waals surface area contributed by atoms with Crippen LogP contribution in [-0.2, 0) is 4.79 Å². The van der Waals surface area contributed by atoms with Gasteiger partial charge in [-0.05, 0) is 33.7 Å². The summed E-state index contributed by atoms with van der Waals surface area (Å²) >= 11 is 0. The average Bonchev–Trinajstić information content (AvgIpc) is 2.15. The Morgan fingerprint density at radius 3 is 2.50 bits per heavy atom. The van der Waals surface area contributed by atoms with Crippen LogP contribution in [0.2, 0.25) is 0 Å². The fourth-order valence-corrected chi connectivity index (χ4v) is 1.98. The van der Waals surface area contributed by atoms with E-state index in [1.807, 2.05) is 0 Å². The first-order chi connectivity index (χ1) is 5.63. The van der Waals surface area contributed by atoms with Gasteiger partial charge in [0.15, 0.2) is 0 Å². The number of carbonyl (C=O) groups is 1. The van der Waals surface area contributed by atoms with Crippen molar-refractivity contribution in [1.82, 2.24) is 4.90 Å². The van der Waals surface area contributed by atoms with Crippen molar-refractivity contribution in [2.24, 2.45) is 0 Å². The Hall–Kier alpha value is -0.370. The van der Waals surface area contributed by atoms with Gasteiger partial charge in [0.1, 0.15) is 5.78 Å². The lowest BCUT2D eigenvalue weighted by Gasteiger charge is -2.28. The molecule has 0 saturated carbocycles. The molecule has 1 unspecified atom stereocenters. The lowest BCUT2D eigenvalue weighted by molar-refractivity contribution is -0.122. The third-order valence-corrected chi connectivity index (χ3v) is 3.01. The maximum atomic E-state index is 11.3. The molecular formula is C10H19NO. The van der Waals surface area contributed by atoms with Crippen LogP contribution in [0, 0.1) is 0 Å². The van der Waals surface area contributed by atoms with Crippen LogP contribution < -0.4 is 0 Å². The molecule has 1 rings (SSSR count). The van der Waals surface area contributed by atoms with E-state index in [9.17, 15) is 4.79 Å². The Morgan fingerprint density at radius 1 is 1.33 bits per heavy atom. The van der Waals surface area contributed by atoms with Crippen molar-refractivity contribution in [2.45, 2.75) is 51.6 Å². The number of Topliss-reactive ketones (excluding diaryl/α,β-unsaturated/α-hetero) is 1. The standard InChI is InChI=1S/C10H19NO/c1-8-6-4-5-7-10(9(2)12)11(8)3/h8,10H,4-7H2,1-3H3/t8?,10-/m1/s1. The second-order valence-corrected chi connectivity index (χ2v) is 3.93. The Kier molecular flexibility index (Phi) is 3.27. The molecule has 0 aromatic carbocycles. The minimum atomic E-state index is 0.183. The molecule has 70 valence electrons. The van der Waals surface area contributed by atoms with Crippen molar-refractivity contribution in [2.75, 3.05) is 7.05 Å². The molecule has 1 saturated heterocycles. The molecule has 0 aromatic rings. The number of hydrogen-bond donors (Lipinski definition) is 0. The van der Waals surface area contributed by atoms with E-state index in [1.165, 1.54) is 19.3 Å². The summed E-state index contributed by atoms with van der Waals surface area (Å²) in [5.41, 5.74) is 0. The fourth-order valence-electron chi connectivity index (χ4n) is 1.98. The van der Waals surface area contributed by atoms with Gasteiger partial charge in [0.25, 0.3) is 0 Å². The second-order valence-electron chi connectivity index (χ2n) is 3.93. The van der Waals surface area contributed by atoms with Gasteiger partial charge < -0.3 is 0 Å². The molecule has 0 spiro atoms. The number of nitrogens with zero attached hydrogens (tertiary/aromatic N) is 1. The molecule has 1 aliphatic heterocycles. The Bertz CT molecular complexity index is 167. The number of ketones is 1. The Labute approximate surface area is 74.9 Å². The van der Waals surface area contributed by atoms with E-state index in [-0.39, 0.29) is 6.04 Å².